The SMILES string of the molecule is CCOC(=O)CN1CCC[C@@H]1C(=O)N1CCC[C@H]1CCc1cc2cc(C(=N)N)ccc2n1CC. The Morgan fingerprint density at radius 3 is 2.68 bits per heavy atom. The summed E-state index contributed by atoms with van der Waals surface area (Å²) in [6, 6.07) is 8.15. The van der Waals surface area contributed by atoms with Crippen molar-refractivity contribution in [3.05, 3.63) is 35.5 Å². The van der Waals surface area contributed by atoms with Crippen molar-refractivity contribution < 1.29 is 14.3 Å². The van der Waals surface area contributed by atoms with Crippen molar-refractivity contribution >= 4 is 28.6 Å². The van der Waals surface area contributed by atoms with E-state index < -0.39 is 0 Å². The monoisotopic (exact) mass is 467 g/mol. The van der Waals surface area contributed by atoms with Gasteiger partial charge in [0.15, 0.2) is 0 Å². The highest BCUT2D eigenvalue weighted by molar-refractivity contribution is 5.98. The Hall–Kier alpha value is -2.87. The summed E-state index contributed by atoms with van der Waals surface area (Å²) in [6.45, 7) is 6.95. The zero-order chi connectivity index (χ0) is 24.2. The van der Waals surface area contributed by atoms with Crippen LogP contribution in [0.3, 0.4) is 0 Å². The molecule has 2 atom stereocenters. The fourth-order valence-corrected chi connectivity index (χ4v) is 5.68. The Balaban J connectivity index is 1.44. The van der Waals surface area contributed by atoms with Gasteiger partial charge < -0.3 is 19.9 Å². The standard InChI is InChI=1S/C26H37N5O3/c1-3-30-21(16-19-15-18(25(27)28)9-12-22(19)30)11-10-20-7-5-14-31(20)26(33)23-8-6-13-29(23)17-24(32)34-4-2/h9,12,15-16,20,23H,3-8,10-11,13-14,17H2,1-2H3,(H3,27,28)/t20-,23+/m0/s1. The molecule has 0 aliphatic carbocycles. The summed E-state index contributed by atoms with van der Waals surface area (Å²) >= 11 is 0. The Morgan fingerprint density at radius 1 is 1.15 bits per heavy atom. The summed E-state index contributed by atoms with van der Waals surface area (Å²) < 4.78 is 7.42. The number of ether oxygens (including phenoxy) is 1. The highest BCUT2D eigenvalue weighted by Gasteiger charge is 2.38. The minimum Gasteiger partial charge on any atom is -0.465 e. The molecular formula is C26H37N5O3. The van der Waals surface area contributed by atoms with Gasteiger partial charge in [0, 0.05) is 41.3 Å². The van der Waals surface area contributed by atoms with Crippen LogP contribution < -0.4 is 5.73 Å². The molecule has 34 heavy (non-hydrogen) atoms. The smallest absolute Gasteiger partial charge is 0.320 e. The van der Waals surface area contributed by atoms with Gasteiger partial charge in [0.05, 0.1) is 19.2 Å². The van der Waals surface area contributed by atoms with Crippen LogP contribution >= 0.6 is 0 Å². The quantitative estimate of drug-likeness (QED) is 0.335. The highest BCUT2D eigenvalue weighted by Crippen LogP contribution is 2.28. The lowest BCUT2D eigenvalue weighted by atomic mass is 10.1. The first-order valence-electron chi connectivity index (χ1n) is 12.6. The van der Waals surface area contributed by atoms with Crippen LogP contribution in [0.2, 0.25) is 0 Å². The fraction of sp³-hybridized carbons (Fsp3) is 0.577. The van der Waals surface area contributed by atoms with Gasteiger partial charge in [0.1, 0.15) is 5.84 Å². The molecule has 0 spiro atoms. The molecule has 1 aromatic heterocycles. The van der Waals surface area contributed by atoms with Crippen molar-refractivity contribution in [1.82, 2.24) is 14.4 Å². The number of nitrogens with one attached hydrogen (secondary N) is 1. The molecule has 3 heterocycles. The van der Waals surface area contributed by atoms with Crippen LogP contribution in [-0.4, -0.2) is 70.4 Å². The Morgan fingerprint density at radius 2 is 1.94 bits per heavy atom. The van der Waals surface area contributed by atoms with Crippen LogP contribution in [0.15, 0.2) is 24.3 Å². The van der Waals surface area contributed by atoms with Crippen LogP contribution in [0.4, 0.5) is 0 Å². The number of amides is 1. The van der Waals surface area contributed by atoms with E-state index in [1.165, 1.54) is 5.69 Å². The van der Waals surface area contributed by atoms with Crippen LogP contribution in [0.1, 0.15) is 57.2 Å². The molecule has 2 saturated heterocycles. The van der Waals surface area contributed by atoms with E-state index in [-0.39, 0.29) is 36.3 Å². The van der Waals surface area contributed by atoms with Crippen LogP contribution in [0.5, 0.6) is 0 Å². The number of aromatic nitrogens is 1. The first kappa shape index (κ1) is 24.3. The zero-order valence-electron chi connectivity index (χ0n) is 20.4. The van der Waals surface area contributed by atoms with Gasteiger partial charge in [-0.1, -0.05) is 0 Å². The molecule has 2 aliphatic heterocycles. The maximum Gasteiger partial charge on any atom is 0.320 e. The molecule has 4 rings (SSSR count). The predicted octanol–water partition coefficient (Wildman–Crippen LogP) is 2.90. The minimum absolute atomic E-state index is 0.0803. The van der Waals surface area contributed by atoms with Crippen LogP contribution in [0.25, 0.3) is 10.9 Å². The van der Waals surface area contributed by atoms with Gasteiger partial charge >= 0.3 is 5.97 Å². The number of benzene rings is 1. The van der Waals surface area contributed by atoms with E-state index in [0.717, 1.165) is 74.6 Å². The fourth-order valence-electron chi connectivity index (χ4n) is 5.68. The van der Waals surface area contributed by atoms with Crippen molar-refractivity contribution in [1.29, 1.82) is 5.41 Å². The van der Waals surface area contributed by atoms with Gasteiger partial charge in [-0.3, -0.25) is 19.9 Å². The second-order valence-corrected chi connectivity index (χ2v) is 9.37. The summed E-state index contributed by atoms with van der Waals surface area (Å²) in [6.07, 6.45) is 5.61. The highest BCUT2D eigenvalue weighted by atomic mass is 16.5. The van der Waals surface area contributed by atoms with Crippen LogP contribution in [-0.2, 0) is 27.3 Å². The molecule has 8 nitrogen and oxygen atoms in total. The third-order valence-electron chi connectivity index (χ3n) is 7.29. The lowest BCUT2D eigenvalue weighted by molar-refractivity contribution is -0.146. The van der Waals surface area contributed by atoms with E-state index in [2.05, 4.69) is 22.5 Å². The van der Waals surface area contributed by atoms with Crippen molar-refractivity contribution in [2.24, 2.45) is 5.73 Å². The number of carbonyl (C=O) groups excluding carboxylic acids is 2. The number of nitrogens with two attached hydrogens (primary N) is 1. The molecule has 3 N–H and O–H groups in total. The number of amidine groups is 1. The van der Waals surface area contributed by atoms with Gasteiger partial charge in [0.2, 0.25) is 5.91 Å². The summed E-state index contributed by atoms with van der Waals surface area (Å²) in [5, 5.41) is 8.82. The van der Waals surface area contributed by atoms with Crippen molar-refractivity contribution in [3.63, 3.8) is 0 Å². The number of carbonyl (C=O) groups is 2. The molecule has 2 aliphatic rings. The largest absolute Gasteiger partial charge is 0.465 e. The average molecular weight is 468 g/mol. The average Bonchev–Trinajstić information content (AvgIpc) is 3.54. The minimum atomic E-state index is -0.250. The van der Waals surface area contributed by atoms with E-state index in [4.69, 9.17) is 15.9 Å². The lowest BCUT2D eigenvalue weighted by Crippen LogP contribution is -2.48. The maximum atomic E-state index is 13.5. The molecule has 0 radical (unpaired) electrons. The predicted molar refractivity (Wildman–Crippen MR) is 133 cm³/mol. The number of aryl methyl sites for hydroxylation is 2. The van der Waals surface area contributed by atoms with Gasteiger partial charge in [0.25, 0.3) is 0 Å². The van der Waals surface area contributed by atoms with E-state index >= 15 is 0 Å². The van der Waals surface area contributed by atoms with E-state index in [0.29, 0.717) is 6.61 Å². The zero-order valence-corrected chi connectivity index (χ0v) is 20.4. The number of hydrogen-bond donors (Lipinski definition) is 2. The summed E-state index contributed by atoms with van der Waals surface area (Å²) in [7, 11) is 0. The van der Waals surface area contributed by atoms with E-state index in [9.17, 15) is 9.59 Å². The van der Waals surface area contributed by atoms with E-state index in [1.54, 1.807) is 6.92 Å². The molecule has 2 fully saturated rings. The third-order valence-corrected chi connectivity index (χ3v) is 7.29. The molecule has 0 bridgehead atoms. The van der Waals surface area contributed by atoms with Crippen molar-refractivity contribution in [2.45, 2.75) is 71.0 Å². The normalized spacial score (nSPS) is 20.8. The number of nitrogen functional groups attached to an aromatic ring is 1. The molecule has 2 aromatic rings. The van der Waals surface area contributed by atoms with Gasteiger partial charge in [-0.2, -0.15) is 0 Å². The summed E-state index contributed by atoms with van der Waals surface area (Å²) in [4.78, 5) is 29.5. The summed E-state index contributed by atoms with van der Waals surface area (Å²) in [5.41, 5.74) is 8.83. The Kier molecular flexibility index (Phi) is 7.56. The molecular weight excluding hydrogens is 430 g/mol. The van der Waals surface area contributed by atoms with Gasteiger partial charge in [-0.15, -0.1) is 0 Å². The molecule has 0 unspecified atom stereocenters. The first-order chi connectivity index (χ1) is 16.4. The Labute approximate surface area is 201 Å². The van der Waals surface area contributed by atoms with Crippen LogP contribution in [0, 0.1) is 5.41 Å². The van der Waals surface area contributed by atoms with E-state index in [1.807, 2.05) is 23.1 Å². The first-order valence-corrected chi connectivity index (χ1v) is 12.6. The van der Waals surface area contributed by atoms with Crippen molar-refractivity contribution in [2.75, 3.05) is 26.2 Å². The third kappa shape index (κ3) is 4.97. The van der Waals surface area contributed by atoms with Gasteiger partial charge in [-0.25, -0.2) is 0 Å². The van der Waals surface area contributed by atoms with Gasteiger partial charge in [-0.05, 0) is 83.2 Å². The second kappa shape index (κ2) is 10.6. The second-order valence-electron chi connectivity index (χ2n) is 9.37. The maximum absolute atomic E-state index is 13.5. The molecule has 1 aromatic carbocycles. The molecule has 8 heteroatoms. The number of likely N-dealkylation sites (tertiary alicyclic amines) is 2. The van der Waals surface area contributed by atoms with Crippen molar-refractivity contribution in [3.8, 4) is 0 Å². The number of hydrogen-bond acceptors (Lipinski definition) is 5. The molecule has 184 valence electrons. The molecule has 0 saturated carbocycles. The molecule has 1 amide bonds. The number of fused-ring (bicyclic) bond motifs is 1. The lowest BCUT2D eigenvalue weighted by Gasteiger charge is -2.31. The number of esters is 1. The Bertz CT molecular complexity index is 1060. The topological polar surface area (TPSA) is 105 Å². The number of rotatable bonds is 9. The summed E-state index contributed by atoms with van der Waals surface area (Å²) in [5.74, 6) is 0.00338. The number of nitrogens with zero attached hydrogens (tertiary/aromatic N) is 3.